The van der Waals surface area contributed by atoms with E-state index in [1.807, 2.05) is 12.1 Å². The monoisotopic (exact) mass is 261 g/mol. The lowest BCUT2D eigenvalue weighted by Gasteiger charge is -2.20. The Labute approximate surface area is 115 Å². The van der Waals surface area contributed by atoms with Crippen molar-refractivity contribution in [3.63, 3.8) is 0 Å². The molecule has 1 aliphatic heterocycles. The topological polar surface area (TPSA) is 36.9 Å². The third kappa shape index (κ3) is 3.88. The molecule has 1 aliphatic rings. The van der Waals surface area contributed by atoms with Crippen molar-refractivity contribution in [2.45, 2.75) is 26.3 Å². The fourth-order valence-corrected chi connectivity index (χ4v) is 2.25. The standard InChI is InChI=1S/C15H23N3O/c1-3-16-15(18-10-4-5-11-18)17-12-13-6-8-14(19-2)9-7-13/h6-9H,3-5,10-12H2,1-2H3,(H,16,17). The molecule has 1 fully saturated rings. The van der Waals surface area contributed by atoms with Crippen LogP contribution in [0.25, 0.3) is 0 Å². The van der Waals surface area contributed by atoms with Crippen LogP contribution in [-0.2, 0) is 6.54 Å². The molecule has 0 saturated carbocycles. The second-order valence-electron chi connectivity index (χ2n) is 4.71. The number of guanidine groups is 1. The first-order valence-corrected chi connectivity index (χ1v) is 6.99. The molecule has 19 heavy (non-hydrogen) atoms. The van der Waals surface area contributed by atoms with Gasteiger partial charge in [0.05, 0.1) is 13.7 Å². The molecule has 1 saturated heterocycles. The fourth-order valence-electron chi connectivity index (χ4n) is 2.25. The van der Waals surface area contributed by atoms with Gasteiger partial charge in [-0.1, -0.05) is 12.1 Å². The number of methoxy groups -OCH3 is 1. The average molecular weight is 261 g/mol. The van der Waals surface area contributed by atoms with Gasteiger partial charge < -0.3 is 15.0 Å². The summed E-state index contributed by atoms with van der Waals surface area (Å²) >= 11 is 0. The molecule has 0 spiro atoms. The van der Waals surface area contributed by atoms with E-state index in [1.165, 1.54) is 18.4 Å². The van der Waals surface area contributed by atoms with Gasteiger partial charge >= 0.3 is 0 Å². The van der Waals surface area contributed by atoms with Crippen LogP contribution in [0, 0.1) is 0 Å². The highest BCUT2D eigenvalue weighted by Crippen LogP contribution is 2.13. The van der Waals surface area contributed by atoms with Gasteiger partial charge in [0.2, 0.25) is 0 Å². The van der Waals surface area contributed by atoms with E-state index in [4.69, 9.17) is 9.73 Å². The third-order valence-corrected chi connectivity index (χ3v) is 3.31. The van der Waals surface area contributed by atoms with Crippen LogP contribution in [0.4, 0.5) is 0 Å². The van der Waals surface area contributed by atoms with Gasteiger partial charge in [-0.25, -0.2) is 4.99 Å². The Bertz CT molecular complexity index is 408. The maximum absolute atomic E-state index is 5.16. The zero-order valence-electron chi connectivity index (χ0n) is 11.9. The van der Waals surface area contributed by atoms with Gasteiger partial charge in [0.25, 0.3) is 0 Å². The van der Waals surface area contributed by atoms with E-state index in [-0.39, 0.29) is 0 Å². The number of aliphatic imine (C=N–C) groups is 1. The minimum atomic E-state index is 0.711. The highest BCUT2D eigenvalue weighted by Gasteiger charge is 2.15. The molecular formula is C15H23N3O. The molecule has 1 N–H and O–H groups in total. The minimum Gasteiger partial charge on any atom is -0.497 e. The van der Waals surface area contributed by atoms with Crippen LogP contribution < -0.4 is 10.1 Å². The normalized spacial score (nSPS) is 15.7. The van der Waals surface area contributed by atoms with Crippen LogP contribution in [0.3, 0.4) is 0 Å². The van der Waals surface area contributed by atoms with Gasteiger partial charge in [0.15, 0.2) is 5.96 Å². The second kappa shape index (κ2) is 7.02. The number of likely N-dealkylation sites (tertiary alicyclic amines) is 1. The summed E-state index contributed by atoms with van der Waals surface area (Å²) in [5.74, 6) is 1.93. The number of hydrogen-bond acceptors (Lipinski definition) is 2. The Hall–Kier alpha value is -1.71. The predicted molar refractivity (Wildman–Crippen MR) is 78.6 cm³/mol. The summed E-state index contributed by atoms with van der Waals surface area (Å²) in [6.45, 7) is 5.97. The molecular weight excluding hydrogens is 238 g/mol. The molecule has 0 bridgehead atoms. The van der Waals surface area contributed by atoms with E-state index < -0.39 is 0 Å². The van der Waals surface area contributed by atoms with Gasteiger partial charge in [-0.05, 0) is 37.5 Å². The Balaban J connectivity index is 1.99. The van der Waals surface area contributed by atoms with E-state index in [0.29, 0.717) is 6.54 Å². The Morgan fingerprint density at radius 2 is 1.95 bits per heavy atom. The van der Waals surface area contributed by atoms with E-state index in [1.54, 1.807) is 7.11 Å². The predicted octanol–water partition coefficient (Wildman–Crippen LogP) is 2.26. The molecule has 0 atom stereocenters. The highest BCUT2D eigenvalue weighted by atomic mass is 16.5. The van der Waals surface area contributed by atoms with Crippen molar-refractivity contribution in [2.75, 3.05) is 26.7 Å². The van der Waals surface area contributed by atoms with Crippen molar-refractivity contribution in [1.82, 2.24) is 10.2 Å². The van der Waals surface area contributed by atoms with E-state index in [9.17, 15) is 0 Å². The maximum Gasteiger partial charge on any atom is 0.194 e. The lowest BCUT2D eigenvalue weighted by atomic mass is 10.2. The van der Waals surface area contributed by atoms with Crippen LogP contribution in [0.5, 0.6) is 5.75 Å². The van der Waals surface area contributed by atoms with Crippen molar-refractivity contribution in [3.05, 3.63) is 29.8 Å². The summed E-state index contributed by atoms with van der Waals surface area (Å²) < 4.78 is 5.16. The Morgan fingerprint density at radius 1 is 1.26 bits per heavy atom. The first-order chi connectivity index (χ1) is 9.33. The molecule has 0 aromatic heterocycles. The smallest absolute Gasteiger partial charge is 0.194 e. The minimum absolute atomic E-state index is 0.711. The molecule has 0 aliphatic carbocycles. The van der Waals surface area contributed by atoms with Crippen molar-refractivity contribution < 1.29 is 4.74 Å². The number of ether oxygens (including phenoxy) is 1. The number of nitrogens with one attached hydrogen (secondary N) is 1. The summed E-state index contributed by atoms with van der Waals surface area (Å²) in [5, 5.41) is 3.37. The van der Waals surface area contributed by atoms with Gasteiger partial charge in [0, 0.05) is 19.6 Å². The zero-order valence-corrected chi connectivity index (χ0v) is 11.9. The van der Waals surface area contributed by atoms with E-state index in [2.05, 4.69) is 29.3 Å². The lowest BCUT2D eigenvalue weighted by molar-refractivity contribution is 0.414. The molecule has 104 valence electrons. The summed E-state index contributed by atoms with van der Waals surface area (Å²) in [7, 11) is 1.68. The first-order valence-electron chi connectivity index (χ1n) is 6.99. The van der Waals surface area contributed by atoms with Gasteiger partial charge in [0.1, 0.15) is 5.75 Å². The Morgan fingerprint density at radius 3 is 2.53 bits per heavy atom. The molecule has 0 unspecified atom stereocenters. The van der Waals surface area contributed by atoms with Crippen molar-refractivity contribution in [3.8, 4) is 5.75 Å². The van der Waals surface area contributed by atoms with Gasteiger partial charge in [-0.2, -0.15) is 0 Å². The molecule has 0 amide bonds. The summed E-state index contributed by atoms with van der Waals surface area (Å²) in [6, 6.07) is 8.09. The van der Waals surface area contributed by atoms with E-state index >= 15 is 0 Å². The molecule has 0 radical (unpaired) electrons. The quantitative estimate of drug-likeness (QED) is 0.667. The molecule has 4 nitrogen and oxygen atoms in total. The average Bonchev–Trinajstić information content (AvgIpc) is 2.98. The van der Waals surface area contributed by atoms with Crippen LogP contribution in [0.15, 0.2) is 29.3 Å². The third-order valence-electron chi connectivity index (χ3n) is 3.31. The van der Waals surface area contributed by atoms with Crippen LogP contribution in [-0.4, -0.2) is 37.6 Å². The molecule has 1 heterocycles. The van der Waals surface area contributed by atoms with Crippen molar-refractivity contribution >= 4 is 5.96 Å². The van der Waals surface area contributed by atoms with Gasteiger partial charge in [-0.15, -0.1) is 0 Å². The molecule has 1 aromatic carbocycles. The fraction of sp³-hybridized carbons (Fsp3) is 0.533. The van der Waals surface area contributed by atoms with Crippen molar-refractivity contribution in [1.29, 1.82) is 0 Å². The second-order valence-corrected chi connectivity index (χ2v) is 4.71. The summed E-state index contributed by atoms with van der Waals surface area (Å²) in [5.41, 5.74) is 1.20. The van der Waals surface area contributed by atoms with Crippen LogP contribution in [0.1, 0.15) is 25.3 Å². The number of nitrogens with zero attached hydrogens (tertiary/aromatic N) is 2. The van der Waals surface area contributed by atoms with Crippen LogP contribution >= 0.6 is 0 Å². The van der Waals surface area contributed by atoms with E-state index in [0.717, 1.165) is 31.3 Å². The highest BCUT2D eigenvalue weighted by molar-refractivity contribution is 5.80. The maximum atomic E-state index is 5.16. The summed E-state index contributed by atoms with van der Waals surface area (Å²) in [4.78, 5) is 7.05. The largest absolute Gasteiger partial charge is 0.497 e. The molecule has 1 aromatic rings. The van der Waals surface area contributed by atoms with Crippen molar-refractivity contribution in [2.24, 2.45) is 4.99 Å². The molecule has 2 rings (SSSR count). The van der Waals surface area contributed by atoms with Crippen LogP contribution in [0.2, 0.25) is 0 Å². The number of hydrogen-bond donors (Lipinski definition) is 1. The Kier molecular flexibility index (Phi) is 5.07. The SMILES string of the molecule is CCNC(=NCc1ccc(OC)cc1)N1CCCC1. The van der Waals surface area contributed by atoms with Gasteiger partial charge in [-0.3, -0.25) is 0 Å². The lowest BCUT2D eigenvalue weighted by Crippen LogP contribution is -2.39. The zero-order chi connectivity index (χ0) is 13.5. The molecule has 4 heteroatoms. The number of benzene rings is 1. The summed E-state index contributed by atoms with van der Waals surface area (Å²) in [6.07, 6.45) is 2.54. The first kappa shape index (κ1) is 13.7. The number of rotatable bonds is 4.